The van der Waals surface area contributed by atoms with Crippen LogP contribution in [0.3, 0.4) is 0 Å². The summed E-state index contributed by atoms with van der Waals surface area (Å²) in [5.74, 6) is 1.34. The molecule has 0 fully saturated rings. The lowest BCUT2D eigenvalue weighted by Crippen LogP contribution is -2.01. The second-order valence-corrected chi connectivity index (χ2v) is 4.11. The smallest absolute Gasteiger partial charge is 0.163 e. The highest BCUT2D eigenvalue weighted by molar-refractivity contribution is 5.64. The molecule has 0 aliphatic heterocycles. The number of aryl methyl sites for hydroxylation is 1. The van der Waals surface area contributed by atoms with Crippen molar-refractivity contribution in [1.29, 1.82) is 0 Å². The minimum absolute atomic E-state index is 0.559. The van der Waals surface area contributed by atoms with Crippen molar-refractivity contribution < 1.29 is 9.84 Å². The molecular weight excluding hydrogens is 228 g/mol. The first-order valence-electron chi connectivity index (χ1n) is 5.78. The van der Waals surface area contributed by atoms with Crippen molar-refractivity contribution >= 4 is 0 Å². The summed E-state index contributed by atoms with van der Waals surface area (Å²) in [6.07, 6.45) is 1.10. The number of ether oxygens (including phenoxy) is 1. The third-order valence-electron chi connectivity index (χ3n) is 2.82. The molecule has 0 radical (unpaired) electrons. The SMILES string of the molecule is COc1ccccc1-c1ncc(C(C)O)c(C)n1. The molecule has 0 amide bonds. The first-order valence-corrected chi connectivity index (χ1v) is 5.78. The Hall–Kier alpha value is -1.94. The van der Waals surface area contributed by atoms with Crippen molar-refractivity contribution in [1.82, 2.24) is 9.97 Å². The molecule has 1 heterocycles. The molecule has 1 aromatic carbocycles. The lowest BCUT2D eigenvalue weighted by molar-refractivity contribution is 0.197. The fourth-order valence-electron chi connectivity index (χ4n) is 1.85. The van der Waals surface area contributed by atoms with E-state index in [2.05, 4.69) is 9.97 Å². The summed E-state index contributed by atoms with van der Waals surface area (Å²) < 4.78 is 5.29. The molecule has 0 spiro atoms. The maximum Gasteiger partial charge on any atom is 0.163 e. The Kier molecular flexibility index (Phi) is 3.58. The van der Waals surface area contributed by atoms with E-state index in [0.29, 0.717) is 5.82 Å². The summed E-state index contributed by atoms with van der Waals surface area (Å²) in [6.45, 7) is 3.57. The third kappa shape index (κ3) is 2.33. The largest absolute Gasteiger partial charge is 0.496 e. The van der Waals surface area contributed by atoms with Crippen LogP contribution in [-0.4, -0.2) is 22.2 Å². The molecule has 1 N–H and O–H groups in total. The van der Waals surface area contributed by atoms with Gasteiger partial charge >= 0.3 is 0 Å². The van der Waals surface area contributed by atoms with Gasteiger partial charge in [0.25, 0.3) is 0 Å². The maximum absolute atomic E-state index is 9.56. The van der Waals surface area contributed by atoms with E-state index in [-0.39, 0.29) is 0 Å². The molecule has 4 heteroatoms. The number of rotatable bonds is 3. The predicted octanol–water partition coefficient (Wildman–Crippen LogP) is 2.51. The summed E-state index contributed by atoms with van der Waals surface area (Å²) in [7, 11) is 1.62. The van der Waals surface area contributed by atoms with Crippen LogP contribution in [0.5, 0.6) is 5.75 Å². The van der Waals surface area contributed by atoms with Crippen molar-refractivity contribution in [2.24, 2.45) is 0 Å². The zero-order valence-corrected chi connectivity index (χ0v) is 10.7. The number of aliphatic hydroxyl groups is 1. The number of para-hydroxylation sites is 1. The van der Waals surface area contributed by atoms with Gasteiger partial charge in [0.1, 0.15) is 5.75 Å². The highest BCUT2D eigenvalue weighted by Gasteiger charge is 2.11. The quantitative estimate of drug-likeness (QED) is 0.901. The molecule has 0 aliphatic carbocycles. The second-order valence-electron chi connectivity index (χ2n) is 4.11. The molecule has 1 atom stereocenters. The average Bonchev–Trinajstić information content (AvgIpc) is 2.38. The van der Waals surface area contributed by atoms with Crippen LogP contribution in [0, 0.1) is 6.92 Å². The number of hydrogen-bond donors (Lipinski definition) is 1. The number of nitrogens with zero attached hydrogens (tertiary/aromatic N) is 2. The standard InChI is InChI=1S/C14H16N2O2/c1-9-12(10(2)17)8-15-14(16-9)11-6-4-5-7-13(11)18-3/h4-8,10,17H,1-3H3. The first-order chi connectivity index (χ1) is 8.63. The van der Waals surface area contributed by atoms with E-state index >= 15 is 0 Å². The van der Waals surface area contributed by atoms with E-state index in [0.717, 1.165) is 22.6 Å². The molecular formula is C14H16N2O2. The fraction of sp³-hybridized carbons (Fsp3) is 0.286. The van der Waals surface area contributed by atoms with Crippen LogP contribution in [-0.2, 0) is 0 Å². The van der Waals surface area contributed by atoms with Crippen molar-refractivity contribution in [2.45, 2.75) is 20.0 Å². The molecule has 0 bridgehead atoms. The minimum Gasteiger partial charge on any atom is -0.496 e. The highest BCUT2D eigenvalue weighted by Crippen LogP contribution is 2.27. The molecule has 1 aromatic heterocycles. The van der Waals surface area contributed by atoms with Gasteiger partial charge in [-0.15, -0.1) is 0 Å². The third-order valence-corrected chi connectivity index (χ3v) is 2.82. The monoisotopic (exact) mass is 244 g/mol. The van der Waals surface area contributed by atoms with E-state index in [4.69, 9.17) is 4.74 Å². The van der Waals surface area contributed by atoms with Gasteiger partial charge in [0, 0.05) is 17.5 Å². The molecule has 1 unspecified atom stereocenters. The van der Waals surface area contributed by atoms with Gasteiger partial charge in [-0.05, 0) is 26.0 Å². The molecule has 2 aromatic rings. The second kappa shape index (κ2) is 5.14. The van der Waals surface area contributed by atoms with E-state index in [1.54, 1.807) is 20.2 Å². The fourth-order valence-corrected chi connectivity index (χ4v) is 1.85. The molecule has 2 rings (SSSR count). The Labute approximate surface area is 106 Å². The number of methoxy groups -OCH3 is 1. The molecule has 18 heavy (non-hydrogen) atoms. The number of hydrogen-bond acceptors (Lipinski definition) is 4. The van der Waals surface area contributed by atoms with Crippen molar-refractivity contribution in [2.75, 3.05) is 7.11 Å². The average molecular weight is 244 g/mol. The minimum atomic E-state index is -0.559. The van der Waals surface area contributed by atoms with Crippen LogP contribution in [0.1, 0.15) is 24.3 Å². The van der Waals surface area contributed by atoms with E-state index < -0.39 is 6.10 Å². The van der Waals surface area contributed by atoms with Crippen LogP contribution in [0.4, 0.5) is 0 Å². The molecule has 0 saturated heterocycles. The van der Waals surface area contributed by atoms with E-state index in [1.807, 2.05) is 31.2 Å². The highest BCUT2D eigenvalue weighted by atomic mass is 16.5. The van der Waals surface area contributed by atoms with Gasteiger partial charge in [-0.3, -0.25) is 0 Å². The van der Waals surface area contributed by atoms with Gasteiger partial charge in [-0.25, -0.2) is 9.97 Å². The topological polar surface area (TPSA) is 55.2 Å². The molecule has 94 valence electrons. The van der Waals surface area contributed by atoms with E-state index in [9.17, 15) is 5.11 Å². The molecule has 0 aliphatic rings. The normalized spacial score (nSPS) is 12.2. The number of aromatic nitrogens is 2. The number of aliphatic hydroxyl groups excluding tert-OH is 1. The van der Waals surface area contributed by atoms with Gasteiger partial charge in [0.2, 0.25) is 0 Å². The van der Waals surface area contributed by atoms with Gasteiger partial charge in [0.15, 0.2) is 5.82 Å². The van der Waals surface area contributed by atoms with Crippen molar-refractivity contribution in [3.05, 3.63) is 41.7 Å². The van der Waals surface area contributed by atoms with Gasteiger partial charge in [-0.1, -0.05) is 12.1 Å². The Morgan fingerprint density at radius 1 is 1.28 bits per heavy atom. The van der Waals surface area contributed by atoms with Gasteiger partial charge in [0.05, 0.1) is 18.8 Å². The number of benzene rings is 1. The van der Waals surface area contributed by atoms with Crippen LogP contribution < -0.4 is 4.74 Å². The first kappa shape index (κ1) is 12.5. The Morgan fingerprint density at radius 2 is 2.00 bits per heavy atom. The Balaban J connectivity index is 2.49. The molecule has 4 nitrogen and oxygen atoms in total. The maximum atomic E-state index is 9.56. The summed E-state index contributed by atoms with van der Waals surface area (Å²) in [4.78, 5) is 8.71. The van der Waals surface area contributed by atoms with Crippen LogP contribution in [0.2, 0.25) is 0 Å². The van der Waals surface area contributed by atoms with Gasteiger partial charge in [-0.2, -0.15) is 0 Å². The zero-order valence-electron chi connectivity index (χ0n) is 10.7. The lowest BCUT2D eigenvalue weighted by Gasteiger charge is -2.11. The van der Waals surface area contributed by atoms with Crippen molar-refractivity contribution in [3.63, 3.8) is 0 Å². The summed E-state index contributed by atoms with van der Waals surface area (Å²) >= 11 is 0. The van der Waals surface area contributed by atoms with Gasteiger partial charge < -0.3 is 9.84 Å². The van der Waals surface area contributed by atoms with Crippen LogP contribution >= 0.6 is 0 Å². The lowest BCUT2D eigenvalue weighted by atomic mass is 10.1. The Bertz CT molecular complexity index is 553. The summed E-state index contributed by atoms with van der Waals surface area (Å²) in [6, 6.07) is 7.60. The predicted molar refractivity (Wildman–Crippen MR) is 69.4 cm³/mol. The van der Waals surface area contributed by atoms with Crippen LogP contribution in [0.15, 0.2) is 30.5 Å². The Morgan fingerprint density at radius 3 is 2.61 bits per heavy atom. The zero-order chi connectivity index (χ0) is 13.1. The van der Waals surface area contributed by atoms with E-state index in [1.165, 1.54) is 0 Å². The van der Waals surface area contributed by atoms with Crippen molar-refractivity contribution in [3.8, 4) is 17.1 Å². The summed E-state index contributed by atoms with van der Waals surface area (Å²) in [5, 5.41) is 9.56. The van der Waals surface area contributed by atoms with Crippen LogP contribution in [0.25, 0.3) is 11.4 Å². The summed E-state index contributed by atoms with van der Waals surface area (Å²) in [5.41, 5.74) is 2.37. The molecule has 0 saturated carbocycles.